The predicted octanol–water partition coefficient (Wildman–Crippen LogP) is 1.85. The molecular weight excluding hydrogens is 278 g/mol. The molecule has 116 valence electrons. The van der Waals surface area contributed by atoms with E-state index in [1.54, 1.807) is 6.20 Å². The van der Waals surface area contributed by atoms with Gasteiger partial charge in [0.05, 0.1) is 12.7 Å². The lowest BCUT2D eigenvalue weighted by Gasteiger charge is -2.20. The number of aliphatic hydroxyl groups is 1. The molecule has 0 spiro atoms. The lowest BCUT2D eigenvalue weighted by Crippen LogP contribution is -2.44. The molecule has 1 amide bonds. The number of benzene rings is 1. The minimum absolute atomic E-state index is 0.263. The molecule has 2 aromatic rings. The summed E-state index contributed by atoms with van der Waals surface area (Å²) in [6.45, 7) is 1.11. The lowest BCUT2D eigenvalue weighted by molar-refractivity contribution is -0.139. The molecule has 1 fully saturated rings. The Morgan fingerprint density at radius 3 is 2.68 bits per heavy atom. The van der Waals surface area contributed by atoms with Crippen LogP contribution in [0, 0.1) is 0 Å². The van der Waals surface area contributed by atoms with Crippen LogP contribution in [0.4, 0.5) is 0 Å². The molecule has 1 heterocycles. The van der Waals surface area contributed by atoms with E-state index in [-0.39, 0.29) is 5.91 Å². The molecule has 3 rings (SSSR count). The van der Waals surface area contributed by atoms with Crippen LogP contribution in [0.1, 0.15) is 36.8 Å². The third kappa shape index (κ3) is 3.36. The third-order valence-electron chi connectivity index (χ3n) is 4.18. The van der Waals surface area contributed by atoms with Crippen LogP contribution in [0.2, 0.25) is 0 Å². The number of nitrogens with one attached hydrogen (secondary N) is 1. The minimum atomic E-state index is -1.17. The van der Waals surface area contributed by atoms with E-state index in [2.05, 4.69) is 22.5 Å². The topological polar surface area (TPSA) is 67.2 Å². The molecule has 5 nitrogen and oxygen atoms in total. The summed E-state index contributed by atoms with van der Waals surface area (Å²) in [6.07, 6.45) is 6.63. The maximum Gasteiger partial charge on any atom is 0.252 e. The number of nitrogens with zero attached hydrogens (tertiary/aromatic N) is 2. The molecule has 1 saturated carbocycles. The Bertz CT molecular complexity index is 630. The van der Waals surface area contributed by atoms with E-state index in [1.807, 2.05) is 29.1 Å². The minimum Gasteiger partial charge on any atom is -0.380 e. The summed E-state index contributed by atoms with van der Waals surface area (Å²) in [6, 6.07) is 10.1. The maximum absolute atomic E-state index is 12.0. The Morgan fingerprint density at radius 1 is 1.23 bits per heavy atom. The van der Waals surface area contributed by atoms with Crippen LogP contribution in [0.25, 0.3) is 0 Å². The van der Waals surface area contributed by atoms with Crippen molar-refractivity contribution < 1.29 is 9.90 Å². The number of aromatic nitrogens is 2. The van der Waals surface area contributed by atoms with Gasteiger partial charge in [-0.1, -0.05) is 30.3 Å². The van der Waals surface area contributed by atoms with Gasteiger partial charge >= 0.3 is 0 Å². The highest BCUT2D eigenvalue weighted by atomic mass is 16.3. The molecule has 22 heavy (non-hydrogen) atoms. The molecule has 0 aliphatic heterocycles. The van der Waals surface area contributed by atoms with E-state index in [4.69, 9.17) is 0 Å². The van der Waals surface area contributed by atoms with Gasteiger partial charge in [-0.05, 0) is 31.2 Å². The van der Waals surface area contributed by atoms with Crippen LogP contribution < -0.4 is 5.32 Å². The van der Waals surface area contributed by atoms with Crippen molar-refractivity contribution in [2.45, 2.75) is 44.4 Å². The second-order valence-electron chi connectivity index (χ2n) is 5.95. The van der Waals surface area contributed by atoms with Gasteiger partial charge < -0.3 is 10.4 Å². The second kappa shape index (κ2) is 6.32. The molecule has 1 aromatic heterocycles. The molecule has 5 heteroatoms. The summed E-state index contributed by atoms with van der Waals surface area (Å²) in [4.78, 5) is 12.0. The molecule has 0 atom stereocenters. The quantitative estimate of drug-likeness (QED) is 0.885. The van der Waals surface area contributed by atoms with E-state index in [0.29, 0.717) is 25.9 Å². The number of carbonyl (C=O) groups is 1. The number of hydrogen-bond donors (Lipinski definition) is 2. The second-order valence-corrected chi connectivity index (χ2v) is 5.95. The average molecular weight is 299 g/mol. The Kier molecular flexibility index (Phi) is 4.24. The van der Waals surface area contributed by atoms with Crippen molar-refractivity contribution in [2.24, 2.45) is 0 Å². The number of rotatable bonds is 5. The molecule has 1 aromatic carbocycles. The van der Waals surface area contributed by atoms with Crippen LogP contribution in [0.3, 0.4) is 0 Å². The van der Waals surface area contributed by atoms with Crippen LogP contribution in [-0.2, 0) is 17.9 Å². The molecule has 2 N–H and O–H groups in total. The first kappa shape index (κ1) is 14.8. The van der Waals surface area contributed by atoms with Gasteiger partial charge in [0.15, 0.2) is 0 Å². The van der Waals surface area contributed by atoms with E-state index >= 15 is 0 Å². The first-order chi connectivity index (χ1) is 10.7. The fraction of sp³-hybridized carbons (Fsp3) is 0.412. The highest BCUT2D eigenvalue weighted by Gasteiger charge is 2.38. The van der Waals surface area contributed by atoms with E-state index in [1.165, 1.54) is 5.56 Å². The fourth-order valence-electron chi connectivity index (χ4n) is 2.89. The molecule has 0 radical (unpaired) electrons. The predicted molar refractivity (Wildman–Crippen MR) is 83.0 cm³/mol. The smallest absolute Gasteiger partial charge is 0.252 e. The monoisotopic (exact) mass is 299 g/mol. The Hall–Kier alpha value is -2.14. The van der Waals surface area contributed by atoms with Gasteiger partial charge in [-0.25, -0.2) is 0 Å². The summed E-state index contributed by atoms with van der Waals surface area (Å²) in [5, 5.41) is 17.3. The highest BCUT2D eigenvalue weighted by Crippen LogP contribution is 2.29. The molecule has 0 saturated heterocycles. The van der Waals surface area contributed by atoms with Gasteiger partial charge in [0.1, 0.15) is 5.60 Å². The number of amides is 1. The Labute approximate surface area is 130 Å². The first-order valence-corrected chi connectivity index (χ1v) is 7.72. The largest absolute Gasteiger partial charge is 0.380 e. The summed E-state index contributed by atoms with van der Waals surface area (Å²) in [5.41, 5.74) is 0.951. The van der Waals surface area contributed by atoms with Crippen molar-refractivity contribution in [1.29, 1.82) is 0 Å². The van der Waals surface area contributed by atoms with Crippen LogP contribution in [-0.4, -0.2) is 26.4 Å². The maximum atomic E-state index is 12.0. The first-order valence-electron chi connectivity index (χ1n) is 7.72. The third-order valence-corrected chi connectivity index (χ3v) is 4.18. The standard InChI is InChI=1S/C17H21N3O2/c21-16(17(22)8-4-5-9-17)18-10-15-11-19-20(13-15)12-14-6-2-1-3-7-14/h1-3,6-7,11,13,22H,4-5,8-10,12H2,(H,18,21). The number of carbonyl (C=O) groups excluding carboxylic acids is 1. The molecule has 0 bridgehead atoms. The normalized spacial score (nSPS) is 16.6. The van der Waals surface area contributed by atoms with Crippen molar-refractivity contribution in [3.8, 4) is 0 Å². The van der Waals surface area contributed by atoms with Crippen LogP contribution in [0.5, 0.6) is 0 Å². The Morgan fingerprint density at radius 2 is 1.95 bits per heavy atom. The van der Waals surface area contributed by atoms with Crippen molar-refractivity contribution in [1.82, 2.24) is 15.1 Å². The summed E-state index contributed by atoms with van der Waals surface area (Å²) in [5.74, 6) is -0.263. The molecule has 1 aliphatic carbocycles. The van der Waals surface area contributed by atoms with Crippen LogP contribution >= 0.6 is 0 Å². The van der Waals surface area contributed by atoms with Gasteiger partial charge in [0.2, 0.25) is 0 Å². The Balaban J connectivity index is 1.55. The van der Waals surface area contributed by atoms with Gasteiger partial charge in [0.25, 0.3) is 5.91 Å². The summed E-state index contributed by atoms with van der Waals surface area (Å²) < 4.78 is 1.85. The van der Waals surface area contributed by atoms with Gasteiger partial charge in [-0.2, -0.15) is 5.10 Å². The zero-order valence-electron chi connectivity index (χ0n) is 12.5. The fourth-order valence-corrected chi connectivity index (χ4v) is 2.89. The molecule has 1 aliphatic rings. The van der Waals surface area contributed by atoms with Gasteiger partial charge in [-0.15, -0.1) is 0 Å². The van der Waals surface area contributed by atoms with E-state index in [9.17, 15) is 9.90 Å². The van der Waals surface area contributed by atoms with Crippen LogP contribution in [0.15, 0.2) is 42.7 Å². The van der Waals surface area contributed by atoms with Crippen molar-refractivity contribution in [3.05, 3.63) is 53.9 Å². The van der Waals surface area contributed by atoms with Gasteiger partial charge in [0, 0.05) is 18.3 Å². The average Bonchev–Trinajstić information content (AvgIpc) is 3.16. The lowest BCUT2D eigenvalue weighted by atomic mass is 10.0. The van der Waals surface area contributed by atoms with Crippen molar-refractivity contribution in [3.63, 3.8) is 0 Å². The van der Waals surface area contributed by atoms with E-state index < -0.39 is 5.60 Å². The van der Waals surface area contributed by atoms with Gasteiger partial charge in [-0.3, -0.25) is 9.48 Å². The zero-order valence-corrected chi connectivity index (χ0v) is 12.5. The summed E-state index contributed by atoms with van der Waals surface area (Å²) >= 11 is 0. The zero-order chi connectivity index (χ0) is 15.4. The SMILES string of the molecule is O=C(NCc1cnn(Cc2ccccc2)c1)C1(O)CCCC1. The molecular formula is C17H21N3O2. The molecule has 0 unspecified atom stereocenters. The van der Waals surface area contributed by atoms with Crippen molar-refractivity contribution >= 4 is 5.91 Å². The number of hydrogen-bond acceptors (Lipinski definition) is 3. The van der Waals surface area contributed by atoms with E-state index in [0.717, 1.165) is 18.4 Å². The summed E-state index contributed by atoms with van der Waals surface area (Å²) in [7, 11) is 0. The van der Waals surface area contributed by atoms with Crippen molar-refractivity contribution in [2.75, 3.05) is 0 Å². The highest BCUT2D eigenvalue weighted by molar-refractivity contribution is 5.85.